The van der Waals surface area contributed by atoms with E-state index in [0.717, 1.165) is 26.0 Å². The molecule has 0 atom stereocenters. The van der Waals surface area contributed by atoms with Gasteiger partial charge in [0.2, 0.25) is 0 Å². The minimum atomic E-state index is 0.237. The van der Waals surface area contributed by atoms with E-state index in [-0.39, 0.29) is 5.54 Å². The molecule has 0 aromatic carbocycles. The Labute approximate surface area is 116 Å². The van der Waals surface area contributed by atoms with E-state index in [2.05, 4.69) is 37.4 Å². The summed E-state index contributed by atoms with van der Waals surface area (Å²) in [5.74, 6) is 1.23. The van der Waals surface area contributed by atoms with Crippen LogP contribution in [-0.4, -0.2) is 53.3 Å². The molecule has 3 nitrogen and oxygen atoms in total. The molecule has 1 aliphatic heterocycles. The van der Waals surface area contributed by atoms with E-state index < -0.39 is 0 Å². The second-order valence-electron chi connectivity index (χ2n) is 6.26. The normalized spacial score (nSPS) is 37.0. The van der Waals surface area contributed by atoms with E-state index in [1.54, 1.807) is 0 Å². The van der Waals surface area contributed by atoms with Gasteiger partial charge in [-0.2, -0.15) is 11.8 Å². The third-order valence-corrected chi connectivity index (χ3v) is 5.88. The number of thioether (sulfide) groups is 1. The zero-order chi connectivity index (χ0) is 13.2. The second-order valence-corrected chi connectivity index (χ2v) is 8.06. The maximum atomic E-state index is 6.07. The van der Waals surface area contributed by atoms with Crippen LogP contribution in [0, 0.1) is 0 Å². The van der Waals surface area contributed by atoms with Crippen molar-refractivity contribution < 1.29 is 4.74 Å². The van der Waals surface area contributed by atoms with Crippen molar-refractivity contribution in [2.45, 2.75) is 56.4 Å². The molecule has 18 heavy (non-hydrogen) atoms. The zero-order valence-corrected chi connectivity index (χ0v) is 12.9. The molecule has 0 amide bonds. The molecule has 2 rings (SSSR count). The van der Waals surface area contributed by atoms with Crippen LogP contribution in [0.4, 0.5) is 0 Å². The predicted molar refractivity (Wildman–Crippen MR) is 79.2 cm³/mol. The van der Waals surface area contributed by atoms with Crippen LogP contribution >= 0.6 is 11.8 Å². The second kappa shape index (κ2) is 5.70. The van der Waals surface area contributed by atoms with Crippen molar-refractivity contribution in [1.29, 1.82) is 0 Å². The molecule has 2 aliphatic rings. The number of nitrogens with two attached hydrogens (primary N) is 1. The van der Waals surface area contributed by atoms with E-state index in [0.29, 0.717) is 10.9 Å². The smallest absolute Gasteiger partial charge is 0.0611 e. The van der Waals surface area contributed by atoms with Gasteiger partial charge in [-0.25, -0.2) is 0 Å². The highest BCUT2D eigenvalue weighted by molar-refractivity contribution is 8.00. The molecule has 1 saturated carbocycles. The molecule has 0 aromatic heterocycles. The van der Waals surface area contributed by atoms with Gasteiger partial charge in [0, 0.05) is 42.3 Å². The van der Waals surface area contributed by atoms with E-state index in [4.69, 9.17) is 10.5 Å². The van der Waals surface area contributed by atoms with Crippen LogP contribution in [0.15, 0.2) is 0 Å². The van der Waals surface area contributed by atoms with Crippen molar-refractivity contribution in [1.82, 2.24) is 4.90 Å². The van der Waals surface area contributed by atoms with Gasteiger partial charge in [-0.1, -0.05) is 13.8 Å². The third kappa shape index (κ3) is 3.03. The summed E-state index contributed by atoms with van der Waals surface area (Å²) in [6.45, 7) is 10.8. The molecule has 0 aromatic rings. The zero-order valence-electron chi connectivity index (χ0n) is 12.1. The van der Waals surface area contributed by atoms with Crippen molar-refractivity contribution in [2.75, 3.05) is 32.0 Å². The van der Waals surface area contributed by atoms with Crippen LogP contribution in [0.1, 0.15) is 40.0 Å². The molecular formula is C14H28N2OS. The molecule has 1 heterocycles. The quantitative estimate of drug-likeness (QED) is 0.850. The summed E-state index contributed by atoms with van der Waals surface area (Å²) in [7, 11) is 0. The fourth-order valence-electron chi connectivity index (χ4n) is 3.19. The van der Waals surface area contributed by atoms with Gasteiger partial charge in [-0.05, 0) is 26.2 Å². The molecule has 0 spiro atoms. The Bertz CT molecular complexity index is 277. The Balaban J connectivity index is 1.93. The molecule has 0 unspecified atom stereocenters. The molecular weight excluding hydrogens is 244 g/mol. The number of ether oxygens (including phenoxy) is 1. The van der Waals surface area contributed by atoms with Crippen LogP contribution in [-0.2, 0) is 4.74 Å². The Kier molecular flexibility index (Phi) is 4.63. The SMILES string of the molecule is CCOC1CC(CN)(N2CCSC(C)(C)CC2)C1. The summed E-state index contributed by atoms with van der Waals surface area (Å²) in [4.78, 5) is 2.64. The fraction of sp³-hybridized carbons (Fsp3) is 1.00. The summed E-state index contributed by atoms with van der Waals surface area (Å²) in [6.07, 6.45) is 3.96. The average Bonchev–Trinajstić information content (AvgIpc) is 2.45. The minimum absolute atomic E-state index is 0.237. The number of nitrogens with zero attached hydrogens (tertiary/aromatic N) is 1. The highest BCUT2D eigenvalue weighted by atomic mass is 32.2. The van der Waals surface area contributed by atoms with Gasteiger partial charge in [0.25, 0.3) is 0 Å². The maximum Gasteiger partial charge on any atom is 0.0611 e. The lowest BCUT2D eigenvalue weighted by Crippen LogP contribution is -2.64. The monoisotopic (exact) mass is 272 g/mol. The Hall–Kier alpha value is 0.230. The summed E-state index contributed by atoms with van der Waals surface area (Å²) < 4.78 is 6.13. The molecule has 1 aliphatic carbocycles. The van der Waals surface area contributed by atoms with Crippen LogP contribution in [0.5, 0.6) is 0 Å². The molecule has 0 bridgehead atoms. The van der Waals surface area contributed by atoms with E-state index >= 15 is 0 Å². The van der Waals surface area contributed by atoms with E-state index in [1.807, 2.05) is 0 Å². The van der Waals surface area contributed by atoms with Gasteiger partial charge in [0.15, 0.2) is 0 Å². The minimum Gasteiger partial charge on any atom is -0.378 e. The highest BCUT2D eigenvalue weighted by Gasteiger charge is 2.48. The standard InChI is InChI=1S/C14H28N2OS/c1-4-17-12-9-14(10-12,11-15)16-6-5-13(2,3)18-8-7-16/h12H,4-11,15H2,1-3H3. The number of hydrogen-bond donors (Lipinski definition) is 1. The van der Waals surface area contributed by atoms with Crippen LogP contribution in [0.25, 0.3) is 0 Å². The molecule has 0 radical (unpaired) electrons. The molecule has 106 valence electrons. The molecule has 2 fully saturated rings. The van der Waals surface area contributed by atoms with Gasteiger partial charge in [-0.3, -0.25) is 4.90 Å². The van der Waals surface area contributed by atoms with Crippen LogP contribution in [0.2, 0.25) is 0 Å². The number of hydrogen-bond acceptors (Lipinski definition) is 4. The van der Waals surface area contributed by atoms with Gasteiger partial charge >= 0.3 is 0 Å². The summed E-state index contributed by atoms with van der Waals surface area (Å²) in [5, 5.41) is 0. The van der Waals surface area contributed by atoms with E-state index in [9.17, 15) is 0 Å². The summed E-state index contributed by atoms with van der Waals surface area (Å²) >= 11 is 2.10. The van der Waals surface area contributed by atoms with Crippen molar-refractivity contribution in [3.05, 3.63) is 0 Å². The van der Waals surface area contributed by atoms with Gasteiger partial charge in [0.1, 0.15) is 0 Å². The lowest BCUT2D eigenvalue weighted by atomic mass is 9.72. The average molecular weight is 272 g/mol. The number of rotatable bonds is 4. The Morgan fingerprint density at radius 3 is 2.67 bits per heavy atom. The van der Waals surface area contributed by atoms with Crippen molar-refractivity contribution in [2.24, 2.45) is 5.73 Å². The lowest BCUT2D eigenvalue weighted by molar-refractivity contribution is -0.0983. The fourth-order valence-corrected chi connectivity index (χ4v) is 4.29. The lowest BCUT2D eigenvalue weighted by Gasteiger charge is -2.53. The van der Waals surface area contributed by atoms with Gasteiger partial charge < -0.3 is 10.5 Å². The van der Waals surface area contributed by atoms with Gasteiger partial charge in [-0.15, -0.1) is 0 Å². The Morgan fingerprint density at radius 1 is 1.33 bits per heavy atom. The third-order valence-electron chi connectivity index (χ3n) is 4.51. The van der Waals surface area contributed by atoms with Crippen LogP contribution in [0.3, 0.4) is 0 Å². The highest BCUT2D eigenvalue weighted by Crippen LogP contribution is 2.42. The first kappa shape index (κ1) is 14.6. The maximum absolute atomic E-state index is 6.07. The molecule has 4 heteroatoms. The first-order chi connectivity index (χ1) is 8.51. The summed E-state index contributed by atoms with van der Waals surface area (Å²) in [6, 6.07) is 0. The first-order valence-corrected chi connectivity index (χ1v) is 8.20. The van der Waals surface area contributed by atoms with Gasteiger partial charge in [0.05, 0.1) is 6.10 Å². The van der Waals surface area contributed by atoms with E-state index in [1.165, 1.54) is 25.3 Å². The largest absolute Gasteiger partial charge is 0.378 e. The Morgan fingerprint density at radius 2 is 2.06 bits per heavy atom. The van der Waals surface area contributed by atoms with Crippen molar-refractivity contribution >= 4 is 11.8 Å². The molecule has 2 N–H and O–H groups in total. The predicted octanol–water partition coefficient (Wildman–Crippen LogP) is 2.10. The van der Waals surface area contributed by atoms with Crippen LogP contribution < -0.4 is 5.73 Å². The first-order valence-electron chi connectivity index (χ1n) is 7.22. The van der Waals surface area contributed by atoms with Crippen molar-refractivity contribution in [3.63, 3.8) is 0 Å². The molecule has 1 saturated heterocycles. The topological polar surface area (TPSA) is 38.5 Å². The summed E-state index contributed by atoms with van der Waals surface area (Å²) in [5.41, 5.74) is 6.31. The van der Waals surface area contributed by atoms with Crippen molar-refractivity contribution in [3.8, 4) is 0 Å².